The SMILES string of the molecule is O=C(NC1CCC(O)CC1)c1ccc(-c2ccc3c(c2)CCC3=O)cc1. The summed E-state index contributed by atoms with van der Waals surface area (Å²) in [5.74, 6) is 0.172. The Kier molecular flexibility index (Phi) is 4.60. The Balaban J connectivity index is 1.45. The summed E-state index contributed by atoms with van der Waals surface area (Å²) < 4.78 is 0. The van der Waals surface area contributed by atoms with Gasteiger partial charge in [-0.15, -0.1) is 0 Å². The third-order valence-electron chi connectivity index (χ3n) is 5.54. The van der Waals surface area contributed by atoms with Crippen molar-refractivity contribution in [2.45, 2.75) is 50.7 Å². The van der Waals surface area contributed by atoms with Gasteiger partial charge in [-0.1, -0.05) is 30.3 Å². The predicted octanol–water partition coefficient (Wildman–Crippen LogP) is 3.52. The zero-order valence-electron chi connectivity index (χ0n) is 14.7. The van der Waals surface area contributed by atoms with E-state index in [0.29, 0.717) is 12.0 Å². The molecule has 0 heterocycles. The van der Waals surface area contributed by atoms with Gasteiger partial charge in [-0.3, -0.25) is 9.59 Å². The van der Waals surface area contributed by atoms with E-state index in [1.165, 1.54) is 0 Å². The van der Waals surface area contributed by atoms with Crippen molar-refractivity contribution in [1.29, 1.82) is 0 Å². The second kappa shape index (κ2) is 7.04. The molecule has 4 nitrogen and oxygen atoms in total. The number of carbonyl (C=O) groups is 2. The molecule has 2 aliphatic carbocycles. The quantitative estimate of drug-likeness (QED) is 0.891. The second-order valence-electron chi connectivity index (χ2n) is 7.35. The van der Waals surface area contributed by atoms with Crippen LogP contribution in [0.5, 0.6) is 0 Å². The Bertz CT molecular complexity index is 833. The van der Waals surface area contributed by atoms with Crippen LogP contribution in [0.1, 0.15) is 58.4 Å². The van der Waals surface area contributed by atoms with Crippen molar-refractivity contribution in [3.8, 4) is 11.1 Å². The fraction of sp³-hybridized carbons (Fsp3) is 0.364. The first-order valence-corrected chi connectivity index (χ1v) is 9.35. The molecule has 0 aromatic heterocycles. The fourth-order valence-electron chi connectivity index (χ4n) is 3.94. The molecule has 0 unspecified atom stereocenters. The van der Waals surface area contributed by atoms with Gasteiger partial charge in [0.25, 0.3) is 5.91 Å². The van der Waals surface area contributed by atoms with Gasteiger partial charge in [0, 0.05) is 23.6 Å². The van der Waals surface area contributed by atoms with Gasteiger partial charge in [0.1, 0.15) is 0 Å². The minimum absolute atomic E-state index is 0.0579. The van der Waals surface area contributed by atoms with E-state index >= 15 is 0 Å². The van der Waals surface area contributed by atoms with Crippen LogP contribution < -0.4 is 5.32 Å². The molecule has 0 saturated heterocycles. The van der Waals surface area contributed by atoms with Gasteiger partial charge in [-0.2, -0.15) is 0 Å². The van der Waals surface area contributed by atoms with E-state index in [0.717, 1.165) is 54.4 Å². The van der Waals surface area contributed by atoms with Gasteiger partial charge in [0.2, 0.25) is 0 Å². The number of aliphatic hydroxyl groups is 1. The van der Waals surface area contributed by atoms with Crippen LogP contribution in [-0.2, 0) is 6.42 Å². The summed E-state index contributed by atoms with van der Waals surface area (Å²) in [5, 5.41) is 12.6. The van der Waals surface area contributed by atoms with Crippen molar-refractivity contribution >= 4 is 11.7 Å². The average Bonchev–Trinajstić information content (AvgIpc) is 3.04. The zero-order valence-corrected chi connectivity index (χ0v) is 14.7. The number of nitrogens with one attached hydrogen (secondary N) is 1. The molecule has 4 heteroatoms. The highest BCUT2D eigenvalue weighted by atomic mass is 16.3. The first-order chi connectivity index (χ1) is 12.6. The van der Waals surface area contributed by atoms with Crippen LogP contribution >= 0.6 is 0 Å². The van der Waals surface area contributed by atoms with Crippen molar-refractivity contribution in [3.63, 3.8) is 0 Å². The van der Waals surface area contributed by atoms with Gasteiger partial charge in [-0.05, 0) is 60.9 Å². The van der Waals surface area contributed by atoms with E-state index in [1.807, 2.05) is 36.4 Å². The van der Waals surface area contributed by atoms with E-state index in [4.69, 9.17) is 0 Å². The molecule has 2 aromatic rings. The van der Waals surface area contributed by atoms with Crippen molar-refractivity contribution < 1.29 is 14.7 Å². The number of rotatable bonds is 3. The number of Topliss-reactive ketones (excluding diaryl/α,β-unsaturated/α-hetero) is 1. The van der Waals surface area contributed by atoms with Crippen molar-refractivity contribution in [3.05, 3.63) is 59.2 Å². The summed E-state index contributed by atoms with van der Waals surface area (Å²) in [7, 11) is 0. The number of amides is 1. The van der Waals surface area contributed by atoms with Crippen LogP contribution in [0.4, 0.5) is 0 Å². The predicted molar refractivity (Wildman–Crippen MR) is 100 cm³/mol. The maximum absolute atomic E-state index is 12.4. The lowest BCUT2D eigenvalue weighted by atomic mass is 9.93. The molecule has 0 radical (unpaired) electrons. The molecule has 2 aliphatic rings. The Morgan fingerprint density at radius 2 is 1.62 bits per heavy atom. The minimum Gasteiger partial charge on any atom is -0.393 e. The van der Waals surface area contributed by atoms with Gasteiger partial charge < -0.3 is 10.4 Å². The molecule has 26 heavy (non-hydrogen) atoms. The van der Waals surface area contributed by atoms with Crippen LogP contribution in [0.25, 0.3) is 11.1 Å². The molecule has 4 rings (SSSR count). The number of hydrogen-bond donors (Lipinski definition) is 2. The Labute approximate surface area is 153 Å². The molecule has 0 atom stereocenters. The average molecular weight is 349 g/mol. The van der Waals surface area contributed by atoms with Gasteiger partial charge in [0.05, 0.1) is 6.10 Å². The smallest absolute Gasteiger partial charge is 0.251 e. The Hall–Kier alpha value is -2.46. The molecule has 2 N–H and O–H groups in total. The van der Waals surface area contributed by atoms with Crippen LogP contribution in [0.2, 0.25) is 0 Å². The molecule has 0 aliphatic heterocycles. The van der Waals surface area contributed by atoms with Gasteiger partial charge >= 0.3 is 0 Å². The first kappa shape index (κ1) is 17.0. The lowest BCUT2D eigenvalue weighted by Gasteiger charge is -2.26. The highest BCUT2D eigenvalue weighted by molar-refractivity contribution is 6.01. The maximum atomic E-state index is 12.4. The lowest BCUT2D eigenvalue weighted by molar-refractivity contribution is 0.0867. The van der Waals surface area contributed by atoms with Crippen LogP contribution in [-0.4, -0.2) is 28.9 Å². The third kappa shape index (κ3) is 3.42. The molecule has 1 saturated carbocycles. The summed E-state index contributed by atoms with van der Waals surface area (Å²) in [6, 6.07) is 13.7. The third-order valence-corrected chi connectivity index (χ3v) is 5.54. The number of carbonyl (C=O) groups excluding carboxylic acids is 2. The molecular formula is C22H23NO3. The van der Waals surface area contributed by atoms with E-state index < -0.39 is 0 Å². The molecule has 1 amide bonds. The highest BCUT2D eigenvalue weighted by Gasteiger charge is 2.22. The van der Waals surface area contributed by atoms with E-state index in [1.54, 1.807) is 0 Å². The molecular weight excluding hydrogens is 326 g/mol. The van der Waals surface area contributed by atoms with Crippen LogP contribution in [0.15, 0.2) is 42.5 Å². The van der Waals surface area contributed by atoms with E-state index in [-0.39, 0.29) is 23.8 Å². The number of fused-ring (bicyclic) bond motifs is 1. The molecule has 0 bridgehead atoms. The molecule has 0 spiro atoms. The van der Waals surface area contributed by atoms with Crippen molar-refractivity contribution in [1.82, 2.24) is 5.32 Å². The van der Waals surface area contributed by atoms with Gasteiger partial charge in [0.15, 0.2) is 5.78 Å². The normalized spacial score (nSPS) is 22.1. The largest absolute Gasteiger partial charge is 0.393 e. The maximum Gasteiger partial charge on any atom is 0.251 e. The summed E-state index contributed by atoms with van der Waals surface area (Å²) >= 11 is 0. The lowest BCUT2D eigenvalue weighted by Crippen LogP contribution is -2.38. The van der Waals surface area contributed by atoms with Crippen molar-refractivity contribution in [2.75, 3.05) is 0 Å². The summed E-state index contributed by atoms with van der Waals surface area (Å²) in [6.07, 6.45) is 4.38. The minimum atomic E-state index is -0.218. The summed E-state index contributed by atoms with van der Waals surface area (Å²) in [5.41, 5.74) is 4.74. The first-order valence-electron chi connectivity index (χ1n) is 9.35. The second-order valence-corrected chi connectivity index (χ2v) is 7.35. The standard InChI is InChI=1S/C22H23NO3/c24-19-9-7-18(8-10-19)23-22(26)15-3-1-14(2-4-15)16-5-11-20-17(13-16)6-12-21(20)25/h1-5,11,13,18-19,24H,6-10,12H2,(H,23,26). The number of aryl methyl sites for hydroxylation is 1. The molecule has 1 fully saturated rings. The van der Waals surface area contributed by atoms with E-state index in [9.17, 15) is 14.7 Å². The number of ketones is 1. The van der Waals surface area contributed by atoms with E-state index in [2.05, 4.69) is 11.4 Å². The monoisotopic (exact) mass is 349 g/mol. The fourth-order valence-corrected chi connectivity index (χ4v) is 3.94. The molecule has 134 valence electrons. The summed E-state index contributed by atoms with van der Waals surface area (Å²) in [4.78, 5) is 24.2. The highest BCUT2D eigenvalue weighted by Crippen LogP contribution is 2.28. The number of benzene rings is 2. The number of aliphatic hydroxyl groups excluding tert-OH is 1. The Morgan fingerprint density at radius 1 is 0.923 bits per heavy atom. The van der Waals surface area contributed by atoms with Crippen LogP contribution in [0, 0.1) is 0 Å². The number of hydrogen-bond acceptors (Lipinski definition) is 3. The topological polar surface area (TPSA) is 66.4 Å². The van der Waals surface area contributed by atoms with Crippen molar-refractivity contribution in [2.24, 2.45) is 0 Å². The zero-order chi connectivity index (χ0) is 18.1. The summed E-state index contributed by atoms with van der Waals surface area (Å²) in [6.45, 7) is 0. The molecule has 2 aromatic carbocycles. The Morgan fingerprint density at radius 3 is 2.35 bits per heavy atom. The van der Waals surface area contributed by atoms with Gasteiger partial charge in [-0.25, -0.2) is 0 Å². The van der Waals surface area contributed by atoms with Crippen LogP contribution in [0.3, 0.4) is 0 Å².